The zero-order valence-electron chi connectivity index (χ0n) is 15.7. The van der Waals surface area contributed by atoms with E-state index in [9.17, 15) is 24.1 Å². The van der Waals surface area contributed by atoms with Gasteiger partial charge in [-0.3, -0.25) is 19.7 Å². The normalized spacial score (nSPS) is 11.6. The van der Waals surface area contributed by atoms with Crippen LogP contribution in [0.25, 0.3) is 5.69 Å². The quantitative estimate of drug-likeness (QED) is 0.432. The Bertz CT molecular complexity index is 1060. The smallest absolute Gasteiger partial charge is 0.271 e. The molecule has 0 saturated carbocycles. The number of amides is 2. The Morgan fingerprint density at radius 1 is 1.13 bits per heavy atom. The minimum absolute atomic E-state index is 0.00403. The van der Waals surface area contributed by atoms with Crippen molar-refractivity contribution in [2.24, 2.45) is 11.7 Å². The van der Waals surface area contributed by atoms with Crippen LogP contribution in [0.5, 0.6) is 0 Å². The van der Waals surface area contributed by atoms with Crippen LogP contribution in [0.2, 0.25) is 0 Å². The van der Waals surface area contributed by atoms with Crippen LogP contribution in [0.1, 0.15) is 16.1 Å². The summed E-state index contributed by atoms with van der Waals surface area (Å²) >= 11 is 0. The maximum absolute atomic E-state index is 13.0. The van der Waals surface area contributed by atoms with Crippen LogP contribution in [-0.4, -0.2) is 33.1 Å². The second-order valence-electron chi connectivity index (χ2n) is 6.56. The number of nitro benzene ring substituents is 1. The summed E-state index contributed by atoms with van der Waals surface area (Å²) in [6.07, 6.45) is 1.80. The van der Waals surface area contributed by atoms with Gasteiger partial charge >= 0.3 is 0 Å². The summed E-state index contributed by atoms with van der Waals surface area (Å²) in [7, 11) is 0. The van der Waals surface area contributed by atoms with E-state index in [0.29, 0.717) is 5.69 Å². The zero-order valence-corrected chi connectivity index (χ0v) is 15.7. The Morgan fingerprint density at radius 2 is 1.80 bits per heavy atom. The SMILES string of the molecule is NC(=O)C(CNC(=O)c1ccn(-c2ccc([N+](=O)[O-])cc2)n1)Cc1ccc(F)cc1. The molecule has 30 heavy (non-hydrogen) atoms. The molecule has 0 spiro atoms. The lowest BCUT2D eigenvalue weighted by Crippen LogP contribution is -2.37. The molecule has 3 N–H and O–H groups in total. The first kappa shape index (κ1) is 20.6. The summed E-state index contributed by atoms with van der Waals surface area (Å²) in [4.78, 5) is 34.3. The number of hydrogen-bond donors (Lipinski definition) is 2. The second-order valence-corrected chi connectivity index (χ2v) is 6.56. The van der Waals surface area contributed by atoms with E-state index >= 15 is 0 Å². The highest BCUT2D eigenvalue weighted by molar-refractivity contribution is 5.92. The number of nitrogens with two attached hydrogens (primary N) is 1. The standard InChI is InChI=1S/C20H18FN5O4/c21-15-3-1-13(2-4-15)11-14(19(22)27)12-23-20(28)18-9-10-25(24-18)16-5-7-17(8-6-16)26(29)30/h1-10,14H,11-12H2,(H2,22,27)(H,23,28). The Labute approximate surface area is 170 Å². The number of carbonyl (C=O) groups excluding carboxylic acids is 2. The van der Waals surface area contributed by atoms with E-state index in [2.05, 4.69) is 10.4 Å². The third-order valence-corrected chi connectivity index (χ3v) is 4.45. The van der Waals surface area contributed by atoms with Crippen LogP contribution in [0.3, 0.4) is 0 Å². The van der Waals surface area contributed by atoms with Gasteiger partial charge in [-0.1, -0.05) is 12.1 Å². The average molecular weight is 411 g/mol. The largest absolute Gasteiger partial charge is 0.369 e. The number of nitrogens with zero attached hydrogens (tertiary/aromatic N) is 3. The molecule has 3 rings (SSSR count). The maximum atomic E-state index is 13.0. The number of aromatic nitrogens is 2. The first-order valence-electron chi connectivity index (χ1n) is 8.96. The summed E-state index contributed by atoms with van der Waals surface area (Å²) in [5, 5.41) is 17.5. The molecule has 1 aromatic heterocycles. The Balaban J connectivity index is 1.63. The lowest BCUT2D eigenvalue weighted by atomic mass is 9.98. The highest BCUT2D eigenvalue weighted by Crippen LogP contribution is 2.15. The van der Waals surface area contributed by atoms with Gasteiger partial charge in [0.1, 0.15) is 5.82 Å². The molecule has 154 valence electrons. The monoisotopic (exact) mass is 411 g/mol. The first-order chi connectivity index (χ1) is 14.3. The van der Waals surface area contributed by atoms with Crippen molar-refractivity contribution in [2.45, 2.75) is 6.42 Å². The fourth-order valence-corrected chi connectivity index (χ4v) is 2.80. The molecule has 1 unspecified atom stereocenters. The van der Waals surface area contributed by atoms with Crippen LogP contribution < -0.4 is 11.1 Å². The minimum Gasteiger partial charge on any atom is -0.369 e. The fraction of sp³-hybridized carbons (Fsp3) is 0.150. The van der Waals surface area contributed by atoms with Crippen LogP contribution >= 0.6 is 0 Å². The zero-order chi connectivity index (χ0) is 21.7. The predicted molar refractivity (Wildman–Crippen MR) is 105 cm³/mol. The van der Waals surface area contributed by atoms with Gasteiger partial charge in [-0.2, -0.15) is 5.10 Å². The summed E-state index contributed by atoms with van der Waals surface area (Å²) < 4.78 is 14.4. The van der Waals surface area contributed by atoms with E-state index in [1.165, 1.54) is 47.1 Å². The van der Waals surface area contributed by atoms with E-state index in [4.69, 9.17) is 5.73 Å². The highest BCUT2D eigenvalue weighted by Gasteiger charge is 2.19. The molecule has 1 atom stereocenters. The second kappa shape index (κ2) is 8.95. The number of carbonyl (C=O) groups is 2. The van der Waals surface area contributed by atoms with Gasteiger partial charge in [-0.15, -0.1) is 0 Å². The van der Waals surface area contributed by atoms with E-state index in [-0.39, 0.29) is 30.2 Å². The number of halogens is 1. The third kappa shape index (κ3) is 5.04. The first-order valence-corrected chi connectivity index (χ1v) is 8.96. The van der Waals surface area contributed by atoms with Gasteiger partial charge in [0, 0.05) is 24.9 Å². The summed E-state index contributed by atoms with van der Waals surface area (Å²) in [5.74, 6) is -2.14. The Kier molecular flexibility index (Phi) is 6.16. The molecule has 0 saturated heterocycles. The van der Waals surface area contributed by atoms with Crippen molar-refractivity contribution in [3.63, 3.8) is 0 Å². The molecule has 10 heteroatoms. The predicted octanol–water partition coefficient (Wildman–Crippen LogP) is 1.99. The molecule has 0 aliphatic heterocycles. The van der Waals surface area contributed by atoms with E-state index < -0.39 is 22.7 Å². The molecule has 9 nitrogen and oxygen atoms in total. The Hall–Kier alpha value is -4.08. The number of rotatable bonds is 8. The third-order valence-electron chi connectivity index (χ3n) is 4.45. The molecular formula is C20H18FN5O4. The van der Waals surface area contributed by atoms with Gasteiger partial charge in [-0.05, 0) is 42.3 Å². The summed E-state index contributed by atoms with van der Waals surface area (Å²) in [6.45, 7) is -0.00403. The van der Waals surface area contributed by atoms with E-state index in [1.54, 1.807) is 18.3 Å². The van der Waals surface area contributed by atoms with Crippen molar-refractivity contribution in [3.05, 3.63) is 88.0 Å². The van der Waals surface area contributed by atoms with Crippen molar-refractivity contribution in [2.75, 3.05) is 6.54 Å². The number of non-ortho nitro benzene ring substituents is 1. The number of nitro groups is 1. The van der Waals surface area contributed by atoms with Gasteiger partial charge in [0.25, 0.3) is 11.6 Å². The molecule has 2 amide bonds. The summed E-state index contributed by atoms with van der Waals surface area (Å²) in [6, 6.07) is 12.9. The van der Waals surface area contributed by atoms with Gasteiger partial charge in [0.15, 0.2) is 5.69 Å². The van der Waals surface area contributed by atoms with Gasteiger partial charge in [-0.25, -0.2) is 9.07 Å². The molecule has 0 radical (unpaired) electrons. The molecule has 1 heterocycles. The molecule has 0 aliphatic carbocycles. The van der Waals surface area contributed by atoms with Gasteiger partial charge < -0.3 is 11.1 Å². The van der Waals surface area contributed by atoms with Crippen molar-refractivity contribution in [3.8, 4) is 5.69 Å². The lowest BCUT2D eigenvalue weighted by molar-refractivity contribution is -0.384. The average Bonchev–Trinajstić information content (AvgIpc) is 3.22. The van der Waals surface area contributed by atoms with Crippen molar-refractivity contribution >= 4 is 17.5 Å². The number of nitrogens with one attached hydrogen (secondary N) is 1. The minimum atomic E-state index is -0.670. The molecule has 0 fully saturated rings. The van der Waals surface area contributed by atoms with Crippen molar-refractivity contribution in [1.29, 1.82) is 0 Å². The fourth-order valence-electron chi connectivity index (χ4n) is 2.80. The topological polar surface area (TPSA) is 133 Å². The molecule has 3 aromatic rings. The highest BCUT2D eigenvalue weighted by atomic mass is 19.1. The van der Waals surface area contributed by atoms with Crippen LogP contribution in [0, 0.1) is 21.8 Å². The van der Waals surface area contributed by atoms with Gasteiger partial charge in [0.2, 0.25) is 5.91 Å². The maximum Gasteiger partial charge on any atom is 0.271 e. The van der Waals surface area contributed by atoms with Crippen LogP contribution in [0.15, 0.2) is 60.8 Å². The lowest BCUT2D eigenvalue weighted by Gasteiger charge is -2.14. The van der Waals surface area contributed by atoms with Crippen LogP contribution in [-0.2, 0) is 11.2 Å². The van der Waals surface area contributed by atoms with Crippen molar-refractivity contribution in [1.82, 2.24) is 15.1 Å². The van der Waals surface area contributed by atoms with Crippen LogP contribution in [0.4, 0.5) is 10.1 Å². The molecule has 0 bridgehead atoms. The molecular weight excluding hydrogens is 393 g/mol. The van der Waals surface area contributed by atoms with E-state index in [0.717, 1.165) is 5.56 Å². The number of hydrogen-bond acceptors (Lipinski definition) is 5. The Morgan fingerprint density at radius 3 is 2.40 bits per heavy atom. The molecule has 0 aliphatic rings. The number of benzene rings is 2. The van der Waals surface area contributed by atoms with E-state index in [1.807, 2.05) is 0 Å². The van der Waals surface area contributed by atoms with Gasteiger partial charge in [0.05, 0.1) is 16.5 Å². The summed E-state index contributed by atoms with van der Waals surface area (Å²) in [5.41, 5.74) is 6.74. The van der Waals surface area contributed by atoms with Crippen molar-refractivity contribution < 1.29 is 18.9 Å². The number of primary amides is 1. The molecule has 2 aromatic carbocycles.